The molecule has 0 unspecified atom stereocenters. The Kier molecular flexibility index (Phi) is 2.09. The Hall–Kier alpha value is -1.38. The van der Waals surface area contributed by atoms with E-state index in [4.69, 9.17) is 0 Å². The van der Waals surface area contributed by atoms with Crippen molar-refractivity contribution in [1.29, 1.82) is 0 Å². The number of aryl methyl sites for hydroxylation is 1. The van der Waals surface area contributed by atoms with Crippen LogP contribution in [-0.4, -0.2) is 16.3 Å². The fourth-order valence-electron chi connectivity index (χ4n) is 3.22. The number of carbonyl (C=O) groups excluding carboxylic acids is 1. The number of fused-ring (bicyclic) bond motifs is 3. The summed E-state index contributed by atoms with van der Waals surface area (Å²) in [7, 11) is 0. The molecule has 3 rings (SSSR count). The summed E-state index contributed by atoms with van der Waals surface area (Å²) >= 11 is 0. The van der Waals surface area contributed by atoms with Gasteiger partial charge in [0, 0.05) is 12.2 Å². The van der Waals surface area contributed by atoms with Gasteiger partial charge in [0.25, 0.3) is 0 Å². The third kappa shape index (κ3) is 1.56. The van der Waals surface area contributed by atoms with Crippen LogP contribution in [0.15, 0.2) is 0 Å². The zero-order valence-electron chi connectivity index (χ0n) is 10.7. The van der Waals surface area contributed by atoms with E-state index in [9.17, 15) is 4.79 Å². The molecule has 2 aliphatic rings. The first-order valence-corrected chi connectivity index (χ1v) is 6.19. The van der Waals surface area contributed by atoms with Crippen LogP contribution in [0.1, 0.15) is 41.9 Å². The van der Waals surface area contributed by atoms with E-state index < -0.39 is 0 Å². The van der Waals surface area contributed by atoms with Crippen LogP contribution in [0.25, 0.3) is 0 Å². The summed E-state index contributed by atoms with van der Waals surface area (Å²) < 4.78 is 0. The van der Waals surface area contributed by atoms with Crippen LogP contribution in [0.4, 0.5) is 0 Å². The van der Waals surface area contributed by atoms with Gasteiger partial charge in [-0.3, -0.25) is 9.78 Å². The quantitative estimate of drug-likeness (QED) is 0.691. The molecule has 1 aromatic rings. The molecule has 0 spiro atoms. The second-order valence-electron chi connectivity index (χ2n) is 6.11. The summed E-state index contributed by atoms with van der Waals surface area (Å²) in [6.45, 7) is 8.17. The summed E-state index contributed by atoms with van der Waals surface area (Å²) in [5.74, 6) is 0. The zero-order valence-corrected chi connectivity index (χ0v) is 10.7. The van der Waals surface area contributed by atoms with Crippen LogP contribution in [0.5, 0.6) is 0 Å². The van der Waals surface area contributed by atoms with Crippen molar-refractivity contribution in [3.8, 4) is 0 Å². The van der Waals surface area contributed by atoms with E-state index in [2.05, 4.69) is 25.8 Å². The number of hydrogen-bond donors (Lipinski definition) is 0. The smallest absolute Gasteiger partial charge is 0.210 e. The molecule has 17 heavy (non-hydrogen) atoms. The van der Waals surface area contributed by atoms with Crippen LogP contribution in [0.3, 0.4) is 0 Å². The summed E-state index contributed by atoms with van der Waals surface area (Å²) in [6, 6.07) is 0. The first kappa shape index (κ1) is 10.8. The lowest BCUT2D eigenvalue weighted by molar-refractivity contribution is -0.118. The van der Waals surface area contributed by atoms with Crippen molar-refractivity contribution in [3.63, 3.8) is 0 Å². The molecular weight excluding hydrogens is 212 g/mol. The molecule has 1 aliphatic heterocycles. The van der Waals surface area contributed by atoms with Gasteiger partial charge in [-0.1, -0.05) is 13.8 Å². The molecule has 1 aliphatic carbocycles. The van der Waals surface area contributed by atoms with Crippen molar-refractivity contribution in [3.05, 3.63) is 28.1 Å². The number of pyridine rings is 1. The second-order valence-corrected chi connectivity index (χ2v) is 6.11. The fraction of sp³-hybridized carbons (Fsp3) is 0.571. The van der Waals surface area contributed by atoms with Gasteiger partial charge in [0.05, 0.1) is 12.2 Å². The monoisotopic (exact) mass is 230 g/mol. The molecule has 90 valence electrons. The molecule has 0 N–H and O–H groups in total. The summed E-state index contributed by atoms with van der Waals surface area (Å²) in [6.07, 6.45) is 3.18. The van der Waals surface area contributed by atoms with E-state index in [1.807, 2.05) is 4.90 Å². The SMILES string of the molecule is Cc1nc2c(c3c1CC(C)(C)C3)CN(C=O)C2. The standard InChI is InChI=1S/C14H18N2O/c1-9-10-4-14(2,3)5-11(10)12-6-16(8-17)7-13(12)15-9/h8H,4-7H2,1-3H3. The maximum absolute atomic E-state index is 10.9. The minimum atomic E-state index is 0.346. The van der Waals surface area contributed by atoms with Gasteiger partial charge in [0.2, 0.25) is 6.41 Å². The highest BCUT2D eigenvalue weighted by Crippen LogP contribution is 2.41. The van der Waals surface area contributed by atoms with Crippen LogP contribution in [0.2, 0.25) is 0 Å². The summed E-state index contributed by atoms with van der Waals surface area (Å²) in [5, 5.41) is 0. The number of amides is 1. The summed E-state index contributed by atoms with van der Waals surface area (Å²) in [5.41, 5.74) is 6.85. The Morgan fingerprint density at radius 2 is 1.88 bits per heavy atom. The molecule has 1 amide bonds. The minimum Gasteiger partial charge on any atom is -0.335 e. The van der Waals surface area contributed by atoms with Crippen molar-refractivity contribution in [2.45, 2.75) is 46.7 Å². The highest BCUT2D eigenvalue weighted by atomic mass is 16.1. The molecule has 2 heterocycles. The zero-order chi connectivity index (χ0) is 12.2. The third-order valence-electron chi connectivity index (χ3n) is 3.99. The molecule has 3 nitrogen and oxygen atoms in total. The van der Waals surface area contributed by atoms with E-state index in [0.717, 1.165) is 37.2 Å². The average molecular weight is 230 g/mol. The number of rotatable bonds is 1. The third-order valence-corrected chi connectivity index (χ3v) is 3.99. The largest absolute Gasteiger partial charge is 0.335 e. The topological polar surface area (TPSA) is 33.2 Å². The molecule has 3 heteroatoms. The van der Waals surface area contributed by atoms with Crippen molar-refractivity contribution in [2.75, 3.05) is 0 Å². The molecule has 0 aromatic carbocycles. The van der Waals surface area contributed by atoms with Crippen molar-refractivity contribution in [1.82, 2.24) is 9.88 Å². The Labute approximate surface area is 102 Å². The molecule has 0 saturated heterocycles. The van der Waals surface area contributed by atoms with E-state index in [1.54, 1.807) is 0 Å². The van der Waals surface area contributed by atoms with Gasteiger partial charge in [0.1, 0.15) is 0 Å². The Morgan fingerprint density at radius 3 is 2.59 bits per heavy atom. The number of carbonyl (C=O) groups is 1. The van der Waals surface area contributed by atoms with Gasteiger partial charge in [0.15, 0.2) is 0 Å². The highest BCUT2D eigenvalue weighted by Gasteiger charge is 2.35. The average Bonchev–Trinajstić information content (AvgIpc) is 2.78. The molecule has 0 saturated carbocycles. The lowest BCUT2D eigenvalue weighted by Crippen LogP contribution is -2.13. The predicted molar refractivity (Wildman–Crippen MR) is 65.5 cm³/mol. The first-order chi connectivity index (χ1) is 8.00. The van der Waals surface area contributed by atoms with Gasteiger partial charge < -0.3 is 4.90 Å². The van der Waals surface area contributed by atoms with Gasteiger partial charge >= 0.3 is 0 Å². The van der Waals surface area contributed by atoms with Gasteiger partial charge in [-0.15, -0.1) is 0 Å². The van der Waals surface area contributed by atoms with Crippen LogP contribution < -0.4 is 0 Å². The van der Waals surface area contributed by atoms with Crippen LogP contribution in [-0.2, 0) is 30.7 Å². The van der Waals surface area contributed by atoms with Crippen molar-refractivity contribution in [2.24, 2.45) is 5.41 Å². The number of hydrogen-bond acceptors (Lipinski definition) is 2. The van der Waals surface area contributed by atoms with E-state index in [-0.39, 0.29) is 0 Å². The Balaban J connectivity index is 2.12. The van der Waals surface area contributed by atoms with E-state index in [1.165, 1.54) is 16.7 Å². The van der Waals surface area contributed by atoms with Crippen LogP contribution in [0, 0.1) is 12.3 Å². The molecule has 0 radical (unpaired) electrons. The second kappa shape index (κ2) is 3.31. The summed E-state index contributed by atoms with van der Waals surface area (Å²) in [4.78, 5) is 17.4. The Bertz CT molecular complexity index is 505. The van der Waals surface area contributed by atoms with Crippen molar-refractivity contribution >= 4 is 6.41 Å². The van der Waals surface area contributed by atoms with E-state index in [0.29, 0.717) is 12.0 Å². The van der Waals surface area contributed by atoms with Gasteiger partial charge in [-0.25, -0.2) is 0 Å². The molecule has 1 aromatic heterocycles. The lowest BCUT2D eigenvalue weighted by Gasteiger charge is -2.15. The number of nitrogens with zero attached hydrogens (tertiary/aromatic N) is 2. The minimum absolute atomic E-state index is 0.346. The first-order valence-electron chi connectivity index (χ1n) is 6.19. The maximum Gasteiger partial charge on any atom is 0.210 e. The van der Waals surface area contributed by atoms with Gasteiger partial charge in [-0.2, -0.15) is 0 Å². The maximum atomic E-state index is 10.9. The predicted octanol–water partition coefficient (Wildman–Crippen LogP) is 1.99. The molecule has 0 atom stereocenters. The molecular formula is C14H18N2O. The van der Waals surface area contributed by atoms with Gasteiger partial charge in [-0.05, 0) is 41.9 Å². The van der Waals surface area contributed by atoms with Crippen LogP contribution >= 0.6 is 0 Å². The molecule has 0 bridgehead atoms. The normalized spacial score (nSPS) is 20.3. The fourth-order valence-corrected chi connectivity index (χ4v) is 3.22. The van der Waals surface area contributed by atoms with E-state index >= 15 is 0 Å². The number of aromatic nitrogens is 1. The molecule has 0 fully saturated rings. The highest BCUT2D eigenvalue weighted by molar-refractivity contribution is 5.53. The van der Waals surface area contributed by atoms with Crippen molar-refractivity contribution < 1.29 is 4.79 Å². The lowest BCUT2D eigenvalue weighted by atomic mass is 9.90. The Morgan fingerprint density at radius 1 is 1.18 bits per heavy atom.